The summed E-state index contributed by atoms with van der Waals surface area (Å²) in [5, 5.41) is 7.68. The van der Waals surface area contributed by atoms with Crippen molar-refractivity contribution in [2.45, 2.75) is 39.3 Å². The van der Waals surface area contributed by atoms with E-state index in [2.05, 4.69) is 63.4 Å². The molecule has 1 aromatic carbocycles. The van der Waals surface area contributed by atoms with Crippen molar-refractivity contribution in [2.24, 2.45) is 0 Å². The van der Waals surface area contributed by atoms with E-state index < -0.39 is 0 Å². The third-order valence-corrected chi connectivity index (χ3v) is 4.55. The molecule has 0 fully saturated rings. The number of hydrogen-bond donors (Lipinski definition) is 1. The third-order valence-electron chi connectivity index (χ3n) is 3.46. The lowest BCUT2D eigenvalue weighted by Crippen LogP contribution is -2.21. The molecule has 0 aliphatic heterocycles. The lowest BCUT2D eigenvalue weighted by molar-refractivity contribution is 0.516. The Morgan fingerprint density at radius 2 is 2.20 bits per heavy atom. The molecular weight excluding hydrogens is 316 g/mol. The van der Waals surface area contributed by atoms with Crippen LogP contribution in [0.1, 0.15) is 36.3 Å². The number of aromatic nitrogens is 3. The minimum atomic E-state index is 0.226. The van der Waals surface area contributed by atoms with Crippen LogP contribution < -0.4 is 5.32 Å². The van der Waals surface area contributed by atoms with Crippen molar-refractivity contribution in [3.8, 4) is 0 Å². The lowest BCUT2D eigenvalue weighted by atomic mass is 10.0. The molecule has 0 spiro atoms. The normalized spacial score (nSPS) is 12.6. The number of likely N-dealkylation sites (N-methyl/N-ethyl adjacent to an activating group) is 1. The molecule has 0 aliphatic rings. The van der Waals surface area contributed by atoms with Crippen molar-refractivity contribution in [3.63, 3.8) is 0 Å². The van der Waals surface area contributed by atoms with Crippen LogP contribution in [0, 0.1) is 6.92 Å². The van der Waals surface area contributed by atoms with Gasteiger partial charge in [0.2, 0.25) is 0 Å². The smallest absolute Gasteiger partial charge is 0.138 e. The molecule has 0 saturated carbocycles. The van der Waals surface area contributed by atoms with Crippen LogP contribution in [0.15, 0.2) is 29.0 Å². The zero-order valence-electron chi connectivity index (χ0n) is 12.2. The fraction of sp³-hybridized carbons (Fsp3) is 0.467. The van der Waals surface area contributed by atoms with Gasteiger partial charge in [-0.25, -0.2) is 4.98 Å². The Morgan fingerprint density at radius 1 is 1.40 bits per heavy atom. The zero-order chi connectivity index (χ0) is 14.5. The van der Waals surface area contributed by atoms with E-state index in [9.17, 15) is 0 Å². The van der Waals surface area contributed by atoms with Crippen LogP contribution in [0.25, 0.3) is 0 Å². The van der Waals surface area contributed by atoms with E-state index >= 15 is 0 Å². The predicted octanol–water partition coefficient (Wildman–Crippen LogP) is 3.26. The van der Waals surface area contributed by atoms with Crippen molar-refractivity contribution in [3.05, 3.63) is 46.0 Å². The quantitative estimate of drug-likeness (QED) is 0.880. The molecule has 0 saturated heterocycles. The standard InChI is InChI=1S/C15H21BrN4/c1-4-8-20-14(18-10-19-20)9-13(17-3)12-7-5-6-11(2)15(12)16/h5-7,10,13,17H,4,8-9H2,1-3H3. The first-order valence-corrected chi connectivity index (χ1v) is 7.75. The predicted molar refractivity (Wildman–Crippen MR) is 84.7 cm³/mol. The number of aryl methyl sites for hydroxylation is 2. The first-order valence-electron chi connectivity index (χ1n) is 6.96. The molecule has 5 heteroatoms. The van der Waals surface area contributed by atoms with Crippen LogP contribution in [0.5, 0.6) is 0 Å². The molecule has 20 heavy (non-hydrogen) atoms. The summed E-state index contributed by atoms with van der Waals surface area (Å²) < 4.78 is 3.16. The number of nitrogens with zero attached hydrogens (tertiary/aromatic N) is 3. The van der Waals surface area contributed by atoms with E-state index in [-0.39, 0.29) is 6.04 Å². The van der Waals surface area contributed by atoms with Crippen LogP contribution in [-0.2, 0) is 13.0 Å². The van der Waals surface area contributed by atoms with E-state index in [0.717, 1.165) is 25.2 Å². The van der Waals surface area contributed by atoms with Gasteiger partial charge in [-0.2, -0.15) is 5.10 Å². The van der Waals surface area contributed by atoms with Crippen molar-refractivity contribution >= 4 is 15.9 Å². The Kier molecular flexibility index (Phi) is 5.31. The molecule has 2 aromatic rings. The third kappa shape index (κ3) is 3.27. The van der Waals surface area contributed by atoms with Crippen molar-refractivity contribution in [2.75, 3.05) is 7.05 Å². The highest BCUT2D eigenvalue weighted by molar-refractivity contribution is 9.10. The van der Waals surface area contributed by atoms with Crippen molar-refractivity contribution in [1.29, 1.82) is 0 Å². The van der Waals surface area contributed by atoms with Gasteiger partial charge in [-0.05, 0) is 31.5 Å². The Hall–Kier alpha value is -1.20. The average Bonchev–Trinajstić information content (AvgIpc) is 2.87. The van der Waals surface area contributed by atoms with Gasteiger partial charge in [0.1, 0.15) is 12.2 Å². The first-order chi connectivity index (χ1) is 9.67. The van der Waals surface area contributed by atoms with Crippen LogP contribution in [-0.4, -0.2) is 21.8 Å². The van der Waals surface area contributed by atoms with Crippen LogP contribution >= 0.6 is 15.9 Å². The van der Waals surface area contributed by atoms with Gasteiger partial charge in [-0.15, -0.1) is 0 Å². The molecule has 1 aromatic heterocycles. The molecule has 0 bridgehead atoms. The highest BCUT2D eigenvalue weighted by Gasteiger charge is 2.17. The highest BCUT2D eigenvalue weighted by Crippen LogP contribution is 2.28. The summed E-state index contributed by atoms with van der Waals surface area (Å²) in [5.41, 5.74) is 2.51. The Labute approximate surface area is 128 Å². The minimum absolute atomic E-state index is 0.226. The molecule has 1 unspecified atom stereocenters. The Morgan fingerprint density at radius 3 is 2.90 bits per heavy atom. The lowest BCUT2D eigenvalue weighted by Gasteiger charge is -2.19. The van der Waals surface area contributed by atoms with Gasteiger partial charge in [0.05, 0.1) is 0 Å². The summed E-state index contributed by atoms with van der Waals surface area (Å²) in [5.74, 6) is 1.03. The second-order valence-corrected chi connectivity index (χ2v) is 5.72. The molecule has 1 heterocycles. The maximum Gasteiger partial charge on any atom is 0.138 e. The van der Waals surface area contributed by atoms with E-state index in [1.807, 2.05) is 11.7 Å². The van der Waals surface area contributed by atoms with Crippen molar-refractivity contribution < 1.29 is 0 Å². The van der Waals surface area contributed by atoms with E-state index in [1.54, 1.807) is 6.33 Å². The molecule has 0 amide bonds. The number of hydrogen-bond acceptors (Lipinski definition) is 3. The zero-order valence-corrected chi connectivity index (χ0v) is 13.8. The molecule has 0 aliphatic carbocycles. The summed E-state index contributed by atoms with van der Waals surface area (Å²) in [7, 11) is 1.99. The minimum Gasteiger partial charge on any atom is -0.313 e. The topological polar surface area (TPSA) is 42.7 Å². The molecule has 108 valence electrons. The van der Waals surface area contributed by atoms with Gasteiger partial charge in [0.25, 0.3) is 0 Å². The summed E-state index contributed by atoms with van der Waals surface area (Å²) in [6.07, 6.45) is 3.54. The Balaban J connectivity index is 2.24. The maximum absolute atomic E-state index is 4.40. The second kappa shape index (κ2) is 6.99. The fourth-order valence-corrected chi connectivity index (χ4v) is 2.87. The summed E-state index contributed by atoms with van der Waals surface area (Å²) in [6.45, 7) is 5.18. The van der Waals surface area contributed by atoms with Gasteiger partial charge >= 0.3 is 0 Å². The number of nitrogens with one attached hydrogen (secondary N) is 1. The highest BCUT2D eigenvalue weighted by atomic mass is 79.9. The molecular formula is C15H21BrN4. The van der Waals surface area contributed by atoms with Gasteiger partial charge < -0.3 is 5.32 Å². The molecule has 0 radical (unpaired) electrons. The average molecular weight is 337 g/mol. The van der Waals surface area contributed by atoms with Gasteiger partial charge in [-0.3, -0.25) is 4.68 Å². The monoisotopic (exact) mass is 336 g/mol. The number of halogens is 1. The van der Waals surface area contributed by atoms with Crippen LogP contribution in [0.2, 0.25) is 0 Å². The van der Waals surface area contributed by atoms with Gasteiger partial charge in [0.15, 0.2) is 0 Å². The van der Waals surface area contributed by atoms with Crippen LogP contribution in [0.4, 0.5) is 0 Å². The summed E-state index contributed by atoms with van der Waals surface area (Å²) in [6, 6.07) is 6.58. The maximum atomic E-state index is 4.40. The SMILES string of the molecule is CCCn1ncnc1CC(NC)c1cccc(C)c1Br. The van der Waals surface area contributed by atoms with E-state index in [0.29, 0.717) is 0 Å². The van der Waals surface area contributed by atoms with Crippen molar-refractivity contribution in [1.82, 2.24) is 20.1 Å². The number of rotatable bonds is 6. The van der Waals surface area contributed by atoms with Crippen LogP contribution in [0.3, 0.4) is 0 Å². The van der Waals surface area contributed by atoms with Gasteiger partial charge in [0, 0.05) is 23.5 Å². The first kappa shape index (κ1) is 15.2. The number of benzene rings is 1. The van der Waals surface area contributed by atoms with E-state index in [1.165, 1.54) is 15.6 Å². The van der Waals surface area contributed by atoms with E-state index in [4.69, 9.17) is 0 Å². The largest absolute Gasteiger partial charge is 0.313 e. The molecule has 2 rings (SSSR count). The molecule has 1 N–H and O–H groups in total. The molecule has 4 nitrogen and oxygen atoms in total. The summed E-state index contributed by atoms with van der Waals surface area (Å²) >= 11 is 3.69. The second-order valence-electron chi connectivity index (χ2n) is 4.92. The fourth-order valence-electron chi connectivity index (χ4n) is 2.33. The van der Waals surface area contributed by atoms with Gasteiger partial charge in [-0.1, -0.05) is 41.1 Å². The summed E-state index contributed by atoms with van der Waals surface area (Å²) in [4.78, 5) is 4.40. The molecule has 1 atom stereocenters. The Bertz CT molecular complexity index is 565.